The summed E-state index contributed by atoms with van der Waals surface area (Å²) in [6, 6.07) is 0. The van der Waals surface area contributed by atoms with Gasteiger partial charge in [-0.25, -0.2) is 0 Å². The van der Waals surface area contributed by atoms with E-state index < -0.39 is 0 Å². The van der Waals surface area contributed by atoms with Gasteiger partial charge >= 0.3 is 0 Å². The molecule has 2 rings (SSSR count). The lowest BCUT2D eigenvalue weighted by molar-refractivity contribution is 0.179. The van der Waals surface area contributed by atoms with Gasteiger partial charge in [-0.05, 0) is 48.5 Å². The number of aryl methyl sites for hydroxylation is 2. The highest BCUT2D eigenvalue weighted by Gasteiger charge is 2.37. The minimum Gasteiger partial charge on any atom is -0.324 e. The molecule has 2 N–H and O–H groups in total. The van der Waals surface area contributed by atoms with Gasteiger partial charge in [-0.2, -0.15) is 5.10 Å². The molecule has 0 amide bonds. The number of nitrogens with zero attached hydrogens (tertiary/aromatic N) is 2. The molecule has 1 aromatic rings. The summed E-state index contributed by atoms with van der Waals surface area (Å²) < 4.78 is 3.26. The topological polar surface area (TPSA) is 43.8 Å². The van der Waals surface area contributed by atoms with Crippen LogP contribution in [-0.4, -0.2) is 15.3 Å². The highest BCUT2D eigenvalue weighted by atomic mass is 79.9. The third-order valence-corrected chi connectivity index (χ3v) is 5.73. The molecule has 0 aromatic carbocycles. The van der Waals surface area contributed by atoms with E-state index in [1.165, 1.54) is 31.4 Å². The van der Waals surface area contributed by atoms with Gasteiger partial charge in [0, 0.05) is 18.5 Å². The average Bonchev–Trinajstić information content (AvgIpc) is 2.66. The van der Waals surface area contributed by atoms with Gasteiger partial charge in [-0.3, -0.25) is 4.68 Å². The van der Waals surface area contributed by atoms with Crippen LogP contribution < -0.4 is 5.73 Å². The van der Waals surface area contributed by atoms with Gasteiger partial charge in [0.25, 0.3) is 0 Å². The van der Waals surface area contributed by atoms with Crippen LogP contribution in [-0.2, 0) is 13.0 Å². The molecule has 1 aliphatic carbocycles. The molecule has 0 aliphatic heterocycles. The van der Waals surface area contributed by atoms with Crippen LogP contribution in [0, 0.1) is 12.8 Å². The molecular weight excluding hydrogens is 302 g/mol. The van der Waals surface area contributed by atoms with E-state index in [0.29, 0.717) is 5.92 Å². The van der Waals surface area contributed by atoms with E-state index in [2.05, 4.69) is 46.5 Å². The number of hydrogen-bond acceptors (Lipinski definition) is 2. The van der Waals surface area contributed by atoms with E-state index in [-0.39, 0.29) is 5.54 Å². The Bertz CT molecular complexity index is 441. The van der Waals surface area contributed by atoms with Crippen LogP contribution in [0.4, 0.5) is 0 Å². The standard InChI is InChI=1S/C15H26BrN3/c1-4-12-8-6-7-9-15(12,17)10-13-14(16)11(3)18-19(13)5-2/h12H,4-10,17H2,1-3H3. The zero-order valence-electron chi connectivity index (χ0n) is 12.4. The van der Waals surface area contributed by atoms with Crippen molar-refractivity contribution in [2.45, 2.75) is 71.4 Å². The average molecular weight is 328 g/mol. The van der Waals surface area contributed by atoms with Crippen LogP contribution in [0.1, 0.15) is 57.3 Å². The van der Waals surface area contributed by atoms with Crippen molar-refractivity contribution in [3.63, 3.8) is 0 Å². The maximum atomic E-state index is 6.79. The van der Waals surface area contributed by atoms with Gasteiger partial charge < -0.3 is 5.73 Å². The number of nitrogens with two attached hydrogens (primary N) is 1. The molecular formula is C15H26BrN3. The molecule has 3 nitrogen and oxygen atoms in total. The fourth-order valence-electron chi connectivity index (χ4n) is 3.53. The predicted octanol–water partition coefficient (Wildman–Crippen LogP) is 3.81. The minimum absolute atomic E-state index is 0.0467. The molecule has 0 bridgehead atoms. The summed E-state index contributed by atoms with van der Waals surface area (Å²) in [6.07, 6.45) is 7.17. The van der Waals surface area contributed by atoms with Crippen molar-refractivity contribution in [1.82, 2.24) is 9.78 Å². The normalized spacial score (nSPS) is 27.7. The van der Waals surface area contributed by atoms with Gasteiger partial charge in [-0.1, -0.05) is 26.2 Å². The predicted molar refractivity (Wildman–Crippen MR) is 83.2 cm³/mol. The van der Waals surface area contributed by atoms with Crippen molar-refractivity contribution < 1.29 is 0 Å². The quantitative estimate of drug-likeness (QED) is 0.913. The van der Waals surface area contributed by atoms with Crippen molar-refractivity contribution >= 4 is 15.9 Å². The maximum Gasteiger partial charge on any atom is 0.0738 e. The second kappa shape index (κ2) is 5.96. The lowest BCUT2D eigenvalue weighted by atomic mass is 9.70. The molecule has 1 saturated carbocycles. The smallest absolute Gasteiger partial charge is 0.0738 e. The Balaban J connectivity index is 2.28. The molecule has 1 heterocycles. The van der Waals surface area contributed by atoms with E-state index in [4.69, 9.17) is 5.73 Å². The molecule has 0 saturated heterocycles. The van der Waals surface area contributed by atoms with Crippen molar-refractivity contribution in [3.8, 4) is 0 Å². The minimum atomic E-state index is -0.0467. The van der Waals surface area contributed by atoms with Gasteiger partial charge in [0.1, 0.15) is 0 Å². The first kappa shape index (κ1) is 15.0. The molecule has 2 unspecified atom stereocenters. The van der Waals surface area contributed by atoms with Crippen LogP contribution >= 0.6 is 15.9 Å². The molecule has 0 spiro atoms. The number of aromatic nitrogens is 2. The van der Waals surface area contributed by atoms with E-state index >= 15 is 0 Å². The van der Waals surface area contributed by atoms with Crippen LogP contribution in [0.25, 0.3) is 0 Å². The summed E-state index contributed by atoms with van der Waals surface area (Å²) in [4.78, 5) is 0. The number of halogens is 1. The summed E-state index contributed by atoms with van der Waals surface area (Å²) in [5, 5.41) is 4.59. The molecule has 2 atom stereocenters. The Morgan fingerprint density at radius 2 is 2.16 bits per heavy atom. The molecule has 1 aromatic heterocycles. The van der Waals surface area contributed by atoms with Crippen LogP contribution in [0.2, 0.25) is 0 Å². The Kier molecular flexibility index (Phi) is 4.72. The van der Waals surface area contributed by atoms with Gasteiger partial charge in [0.05, 0.1) is 15.9 Å². The van der Waals surface area contributed by atoms with Crippen LogP contribution in [0.5, 0.6) is 0 Å². The molecule has 108 valence electrons. The first-order valence-electron chi connectivity index (χ1n) is 7.52. The summed E-state index contributed by atoms with van der Waals surface area (Å²) >= 11 is 3.70. The third-order valence-electron chi connectivity index (χ3n) is 4.70. The van der Waals surface area contributed by atoms with E-state index in [0.717, 1.165) is 29.6 Å². The third kappa shape index (κ3) is 2.89. The summed E-state index contributed by atoms with van der Waals surface area (Å²) in [6.45, 7) is 7.38. The second-order valence-corrected chi connectivity index (χ2v) is 6.72. The van der Waals surface area contributed by atoms with Crippen molar-refractivity contribution in [3.05, 3.63) is 15.9 Å². The van der Waals surface area contributed by atoms with Crippen LogP contribution in [0.3, 0.4) is 0 Å². The first-order chi connectivity index (χ1) is 9.01. The maximum absolute atomic E-state index is 6.79. The molecule has 1 aliphatic rings. The fourth-order valence-corrected chi connectivity index (χ4v) is 3.95. The first-order valence-corrected chi connectivity index (χ1v) is 8.31. The van der Waals surface area contributed by atoms with Crippen molar-refractivity contribution in [1.29, 1.82) is 0 Å². The summed E-state index contributed by atoms with van der Waals surface area (Å²) in [7, 11) is 0. The Hall–Kier alpha value is -0.350. The lowest BCUT2D eigenvalue weighted by Crippen LogP contribution is -2.51. The Labute approximate surface area is 125 Å². The zero-order chi connectivity index (χ0) is 14.0. The summed E-state index contributed by atoms with van der Waals surface area (Å²) in [5.41, 5.74) is 9.09. The number of hydrogen-bond donors (Lipinski definition) is 1. The molecule has 4 heteroatoms. The van der Waals surface area contributed by atoms with Gasteiger partial charge in [0.2, 0.25) is 0 Å². The highest BCUT2D eigenvalue weighted by molar-refractivity contribution is 9.10. The van der Waals surface area contributed by atoms with Crippen molar-refractivity contribution in [2.75, 3.05) is 0 Å². The zero-order valence-corrected chi connectivity index (χ0v) is 14.0. The monoisotopic (exact) mass is 327 g/mol. The largest absolute Gasteiger partial charge is 0.324 e. The molecule has 1 fully saturated rings. The van der Waals surface area contributed by atoms with E-state index in [1.54, 1.807) is 0 Å². The van der Waals surface area contributed by atoms with E-state index in [9.17, 15) is 0 Å². The fraction of sp³-hybridized carbons (Fsp3) is 0.800. The number of rotatable bonds is 4. The van der Waals surface area contributed by atoms with E-state index in [1.807, 2.05) is 0 Å². The Morgan fingerprint density at radius 3 is 2.79 bits per heavy atom. The Morgan fingerprint density at radius 1 is 1.42 bits per heavy atom. The molecule has 19 heavy (non-hydrogen) atoms. The molecule has 0 radical (unpaired) electrons. The summed E-state index contributed by atoms with van der Waals surface area (Å²) in [5.74, 6) is 0.647. The van der Waals surface area contributed by atoms with Crippen LogP contribution in [0.15, 0.2) is 4.47 Å². The second-order valence-electron chi connectivity index (χ2n) is 5.92. The lowest BCUT2D eigenvalue weighted by Gasteiger charge is -2.41. The van der Waals surface area contributed by atoms with Crippen molar-refractivity contribution in [2.24, 2.45) is 11.7 Å². The highest BCUT2D eigenvalue weighted by Crippen LogP contribution is 2.38. The van der Waals surface area contributed by atoms with Gasteiger partial charge in [0.15, 0.2) is 0 Å². The van der Waals surface area contributed by atoms with Gasteiger partial charge in [-0.15, -0.1) is 0 Å². The SMILES string of the molecule is CCC1CCCCC1(N)Cc1c(Br)c(C)nn1CC.